The van der Waals surface area contributed by atoms with Gasteiger partial charge in [-0.3, -0.25) is 4.79 Å². The predicted molar refractivity (Wildman–Crippen MR) is 297 cm³/mol. The van der Waals surface area contributed by atoms with Crippen LogP contribution in [0.15, 0.2) is 128 Å². The standard InChI is InChI=1S/C32H12BF24.C32H48NO3/c34-25(35,36)13-1-14(26(37,38)39)6-21(5-13)33(22-7-15(27(40,41)42)2-16(8-22)28(43,44)45,23-9-17(29(46,47)48)3-18(10-23)30(49,50)51)24-11-19(31(52,53)54)4-20(12-24)32(55,56)57;1-2-3-4-5-6-7-8-9-10-11-12-13-14-15-16-20-27-36-32(35)30-23-21-29(22-24-30)31(34)28-33-25-18-17-19-26-33/h1-12H;17-19,21-26H,2-16,20,27-28H2,1H3/q-1;+1. The van der Waals surface area contributed by atoms with Crippen molar-refractivity contribution >= 4 is 39.7 Å². The Hall–Kier alpha value is -7.23. The third-order valence-electron chi connectivity index (χ3n) is 15.2. The van der Waals surface area contributed by atoms with Gasteiger partial charge in [0.15, 0.2) is 12.4 Å². The minimum Gasteiger partial charge on any atom is -0.462 e. The van der Waals surface area contributed by atoms with E-state index < -0.39 is 195 Å². The van der Waals surface area contributed by atoms with Gasteiger partial charge in [0.25, 0.3) is 0 Å². The summed E-state index contributed by atoms with van der Waals surface area (Å²) in [4.78, 5) is 24.7. The Morgan fingerprint density at radius 3 is 0.817 bits per heavy atom. The highest BCUT2D eigenvalue weighted by Gasteiger charge is 2.47. The van der Waals surface area contributed by atoms with Gasteiger partial charge in [0, 0.05) is 17.7 Å². The zero-order valence-corrected chi connectivity index (χ0v) is 49.2. The van der Waals surface area contributed by atoms with Crippen LogP contribution in [0, 0.1) is 0 Å². The van der Waals surface area contributed by atoms with E-state index >= 15 is 0 Å². The number of alkyl halides is 24. The van der Waals surface area contributed by atoms with Gasteiger partial charge < -0.3 is 4.74 Å². The molecule has 0 bridgehead atoms. The van der Waals surface area contributed by atoms with Crippen LogP contribution < -0.4 is 26.4 Å². The zero-order chi connectivity index (χ0) is 69.6. The fourth-order valence-electron chi connectivity index (χ4n) is 10.6. The summed E-state index contributed by atoms with van der Waals surface area (Å²) >= 11 is 0. The first-order chi connectivity index (χ1) is 43.0. The van der Waals surface area contributed by atoms with E-state index in [2.05, 4.69) is 6.92 Å². The lowest BCUT2D eigenvalue weighted by atomic mass is 9.12. The Kier molecular flexibility index (Phi) is 25.8. The third kappa shape index (κ3) is 22.2. The fourth-order valence-corrected chi connectivity index (χ4v) is 10.6. The van der Waals surface area contributed by atoms with Crippen molar-refractivity contribution in [2.24, 2.45) is 0 Å². The number of benzene rings is 5. The van der Waals surface area contributed by atoms with Crippen molar-refractivity contribution in [2.45, 2.75) is 166 Å². The predicted octanol–water partition coefficient (Wildman–Crippen LogP) is 19.5. The summed E-state index contributed by atoms with van der Waals surface area (Å²) in [5.74, 6) is -0.299. The molecule has 4 nitrogen and oxygen atoms in total. The maximum atomic E-state index is 14.2. The molecule has 6 aromatic rings. The van der Waals surface area contributed by atoms with E-state index in [4.69, 9.17) is 4.74 Å². The molecule has 5 aromatic carbocycles. The van der Waals surface area contributed by atoms with E-state index in [9.17, 15) is 115 Å². The van der Waals surface area contributed by atoms with Crippen molar-refractivity contribution in [3.05, 3.63) is 183 Å². The van der Waals surface area contributed by atoms with Crippen LogP contribution in [-0.2, 0) is 60.7 Å². The summed E-state index contributed by atoms with van der Waals surface area (Å²) in [6, 6.07) is 3.67. The second kappa shape index (κ2) is 31.3. The van der Waals surface area contributed by atoms with Crippen LogP contribution in [0.1, 0.15) is 175 Å². The van der Waals surface area contributed by atoms with Gasteiger partial charge in [-0.15, -0.1) is 0 Å². The number of rotatable bonds is 25. The Balaban J connectivity index is 0.000000374. The van der Waals surface area contributed by atoms with Crippen molar-refractivity contribution in [1.29, 1.82) is 0 Å². The highest BCUT2D eigenvalue weighted by Crippen LogP contribution is 2.42. The summed E-state index contributed by atoms with van der Waals surface area (Å²) in [6.45, 7) is 3.02. The summed E-state index contributed by atoms with van der Waals surface area (Å²) < 4.78 is 348. The molecule has 0 radical (unpaired) electrons. The number of pyridine rings is 1. The molecule has 0 unspecified atom stereocenters. The minimum atomic E-state index is -6.13. The number of esters is 1. The summed E-state index contributed by atoms with van der Waals surface area (Å²) in [6.07, 6.45) is -29.9. The van der Waals surface area contributed by atoms with Crippen LogP contribution >= 0.6 is 0 Å². The molecular formula is C64H60BF24NO3. The van der Waals surface area contributed by atoms with Crippen molar-refractivity contribution in [3.63, 3.8) is 0 Å². The van der Waals surface area contributed by atoms with Crippen LogP contribution in [0.25, 0.3) is 0 Å². The highest BCUT2D eigenvalue weighted by atomic mass is 19.4. The molecule has 510 valence electrons. The summed E-state index contributed by atoms with van der Waals surface area (Å²) in [7, 11) is 0. The Bertz CT molecular complexity index is 2960. The fraction of sp³-hybridized carbons (Fsp3) is 0.422. The number of ether oxygens (including phenoxy) is 1. The van der Waals surface area contributed by atoms with Gasteiger partial charge in [0.05, 0.1) is 56.7 Å². The number of unbranched alkanes of at least 4 members (excludes halogenated alkanes) is 15. The normalized spacial score (nSPS) is 13.0. The van der Waals surface area contributed by atoms with Gasteiger partial charge in [-0.2, -0.15) is 132 Å². The van der Waals surface area contributed by atoms with E-state index in [1.165, 1.54) is 89.9 Å². The molecule has 0 aliphatic rings. The summed E-state index contributed by atoms with van der Waals surface area (Å²) in [5.41, 5.74) is -29.1. The molecule has 0 fully saturated rings. The van der Waals surface area contributed by atoms with E-state index in [1.54, 1.807) is 24.3 Å². The minimum absolute atomic E-state index is 0.0132. The molecule has 1 aromatic heterocycles. The van der Waals surface area contributed by atoms with Crippen LogP contribution in [-0.4, -0.2) is 24.5 Å². The number of carbonyl (C=O) groups is 2. The van der Waals surface area contributed by atoms with E-state index in [0.29, 0.717) is 17.7 Å². The van der Waals surface area contributed by atoms with E-state index in [-0.39, 0.29) is 18.3 Å². The molecule has 0 saturated carbocycles. The molecule has 0 N–H and O–H groups in total. The number of halogens is 24. The van der Waals surface area contributed by atoms with Crippen molar-refractivity contribution in [3.8, 4) is 0 Å². The Morgan fingerprint density at radius 2 is 0.570 bits per heavy atom. The first-order valence-electron chi connectivity index (χ1n) is 29.1. The number of carbonyl (C=O) groups excluding carboxylic acids is 2. The maximum Gasteiger partial charge on any atom is 0.416 e. The monoisotopic (exact) mass is 1360 g/mol. The van der Waals surface area contributed by atoms with Crippen molar-refractivity contribution in [1.82, 2.24) is 0 Å². The largest absolute Gasteiger partial charge is 0.462 e. The molecule has 0 aliphatic carbocycles. The van der Waals surface area contributed by atoms with Crippen molar-refractivity contribution in [2.75, 3.05) is 6.61 Å². The molecular weight excluding hydrogens is 1300 g/mol. The average molecular weight is 1360 g/mol. The second-order valence-corrected chi connectivity index (χ2v) is 22.2. The van der Waals surface area contributed by atoms with Crippen LogP contribution in [0.2, 0.25) is 0 Å². The average Bonchev–Trinajstić information content (AvgIpc) is 0.709. The number of hydrogen-bond acceptors (Lipinski definition) is 3. The molecule has 6 rings (SSSR count). The van der Waals surface area contributed by atoms with Gasteiger partial charge in [-0.1, -0.05) is 170 Å². The number of hydrogen-bond donors (Lipinski definition) is 0. The van der Waals surface area contributed by atoms with Gasteiger partial charge in [-0.05, 0) is 42.8 Å². The van der Waals surface area contributed by atoms with Crippen LogP contribution in [0.3, 0.4) is 0 Å². The molecule has 0 atom stereocenters. The van der Waals surface area contributed by atoms with Crippen LogP contribution in [0.5, 0.6) is 0 Å². The molecule has 29 heteroatoms. The Morgan fingerprint density at radius 1 is 0.333 bits per heavy atom. The molecule has 0 aliphatic heterocycles. The van der Waals surface area contributed by atoms with Gasteiger partial charge in [0.2, 0.25) is 12.3 Å². The smallest absolute Gasteiger partial charge is 0.416 e. The SMILES string of the molecule is CCCCCCCCCCCCCCCCCCOC(=O)c1ccc(C(=O)C[n+]2ccccc2)cc1.FC(F)(F)c1cc([B-](c2cc(C(F)(F)F)cc(C(F)(F)F)c2)(c2cc(C(F)(F)F)cc(C(F)(F)F)c2)c2cc(C(F)(F)F)cc(C(F)(F)F)c2)cc(C(F)(F)F)c1. The van der Waals surface area contributed by atoms with Gasteiger partial charge in [0.1, 0.15) is 6.15 Å². The molecule has 0 amide bonds. The first-order valence-corrected chi connectivity index (χ1v) is 29.1. The van der Waals surface area contributed by atoms with Crippen molar-refractivity contribution < 1.29 is 124 Å². The lowest BCUT2D eigenvalue weighted by molar-refractivity contribution is -0.683. The van der Waals surface area contributed by atoms with E-state index in [0.717, 1.165) is 12.8 Å². The number of Topliss-reactive ketones (excluding diaryl/α,β-unsaturated/α-hetero) is 1. The van der Waals surface area contributed by atoms with E-state index in [1.807, 2.05) is 35.2 Å². The lowest BCUT2D eigenvalue weighted by Gasteiger charge is -2.46. The Labute approximate surface area is 518 Å². The molecule has 0 saturated heterocycles. The first kappa shape index (κ1) is 76.5. The quantitative estimate of drug-likeness (QED) is 0.0143. The summed E-state index contributed by atoms with van der Waals surface area (Å²) in [5, 5.41) is 0. The number of nitrogens with zero attached hydrogens (tertiary/aromatic N) is 1. The maximum absolute atomic E-state index is 14.2. The molecule has 1 heterocycles. The second-order valence-electron chi connectivity index (χ2n) is 22.2. The number of aromatic nitrogens is 1. The topological polar surface area (TPSA) is 47.3 Å². The lowest BCUT2D eigenvalue weighted by Crippen LogP contribution is -2.75. The number of ketones is 1. The zero-order valence-electron chi connectivity index (χ0n) is 49.2. The molecule has 0 spiro atoms. The molecule has 93 heavy (non-hydrogen) atoms. The van der Waals surface area contributed by atoms with Crippen LogP contribution in [0.4, 0.5) is 105 Å². The third-order valence-corrected chi connectivity index (χ3v) is 15.2. The van der Waals surface area contributed by atoms with Gasteiger partial charge in [-0.25, -0.2) is 4.79 Å². The van der Waals surface area contributed by atoms with Gasteiger partial charge >= 0.3 is 55.4 Å². The highest BCUT2D eigenvalue weighted by molar-refractivity contribution is 7.20.